The molecule has 0 saturated heterocycles. The van der Waals surface area contributed by atoms with E-state index in [1.165, 1.54) is 12.3 Å². The first-order valence-electron chi connectivity index (χ1n) is 5.55. The summed E-state index contributed by atoms with van der Waals surface area (Å²) in [6, 6.07) is 2.55. The number of carbonyl (C=O) groups excluding carboxylic acids is 1. The molecule has 1 N–H and O–H groups in total. The summed E-state index contributed by atoms with van der Waals surface area (Å²) in [5.74, 6) is -1.05. The third-order valence-electron chi connectivity index (χ3n) is 2.48. The summed E-state index contributed by atoms with van der Waals surface area (Å²) in [7, 11) is 1.78. The summed E-state index contributed by atoms with van der Waals surface area (Å²) < 4.78 is 14.5. The monoisotopic (exact) mass is 248 g/mol. The standard InChI is InChI=1S/C12H13FN4O/c1-3-9-10(7-17(2)16-9)15-12(18)8-4-5-14-11(13)6-8/h4-7H,3H2,1-2H3,(H,15,18). The molecule has 2 rings (SSSR count). The number of carbonyl (C=O) groups is 1. The highest BCUT2D eigenvalue weighted by Gasteiger charge is 2.11. The number of nitrogens with zero attached hydrogens (tertiary/aromatic N) is 3. The zero-order valence-corrected chi connectivity index (χ0v) is 10.1. The van der Waals surface area contributed by atoms with Crippen molar-refractivity contribution in [1.82, 2.24) is 14.8 Å². The van der Waals surface area contributed by atoms with Gasteiger partial charge in [-0.25, -0.2) is 4.98 Å². The average molecular weight is 248 g/mol. The number of amides is 1. The topological polar surface area (TPSA) is 59.8 Å². The van der Waals surface area contributed by atoms with Gasteiger partial charge in [0.15, 0.2) is 0 Å². The highest BCUT2D eigenvalue weighted by molar-refractivity contribution is 6.04. The minimum absolute atomic E-state index is 0.230. The van der Waals surface area contributed by atoms with Crippen molar-refractivity contribution in [3.8, 4) is 0 Å². The largest absolute Gasteiger partial charge is 0.319 e. The van der Waals surface area contributed by atoms with Crippen molar-refractivity contribution < 1.29 is 9.18 Å². The van der Waals surface area contributed by atoms with Crippen molar-refractivity contribution in [2.75, 3.05) is 5.32 Å². The van der Waals surface area contributed by atoms with Crippen LogP contribution < -0.4 is 5.32 Å². The number of nitrogens with one attached hydrogen (secondary N) is 1. The van der Waals surface area contributed by atoms with Gasteiger partial charge in [0.05, 0.1) is 11.4 Å². The van der Waals surface area contributed by atoms with Crippen LogP contribution in [0.2, 0.25) is 0 Å². The molecule has 2 aromatic heterocycles. The average Bonchev–Trinajstić information content (AvgIpc) is 2.69. The number of hydrogen-bond donors (Lipinski definition) is 1. The minimum Gasteiger partial charge on any atom is -0.319 e. The van der Waals surface area contributed by atoms with Crippen LogP contribution >= 0.6 is 0 Å². The number of aryl methyl sites for hydroxylation is 2. The van der Waals surface area contributed by atoms with Gasteiger partial charge in [0.25, 0.3) is 5.91 Å². The van der Waals surface area contributed by atoms with E-state index >= 15 is 0 Å². The molecule has 0 aliphatic carbocycles. The van der Waals surface area contributed by atoms with E-state index in [0.717, 1.165) is 11.8 Å². The fraction of sp³-hybridized carbons (Fsp3) is 0.250. The van der Waals surface area contributed by atoms with E-state index < -0.39 is 5.95 Å². The number of anilines is 1. The van der Waals surface area contributed by atoms with Crippen molar-refractivity contribution in [2.24, 2.45) is 7.05 Å². The van der Waals surface area contributed by atoms with Gasteiger partial charge in [-0.3, -0.25) is 9.48 Å². The molecule has 0 fully saturated rings. The number of aromatic nitrogens is 3. The van der Waals surface area contributed by atoms with Crippen molar-refractivity contribution in [3.05, 3.63) is 41.7 Å². The highest BCUT2D eigenvalue weighted by atomic mass is 19.1. The van der Waals surface area contributed by atoms with E-state index in [9.17, 15) is 9.18 Å². The zero-order chi connectivity index (χ0) is 13.1. The van der Waals surface area contributed by atoms with Crippen LogP contribution in [0, 0.1) is 5.95 Å². The summed E-state index contributed by atoms with van der Waals surface area (Å²) in [6.45, 7) is 1.95. The number of halogens is 1. The molecular weight excluding hydrogens is 235 g/mol. The van der Waals surface area contributed by atoms with E-state index in [-0.39, 0.29) is 11.5 Å². The molecule has 0 bridgehead atoms. The second kappa shape index (κ2) is 4.95. The Balaban J connectivity index is 2.21. The third-order valence-corrected chi connectivity index (χ3v) is 2.48. The molecule has 0 radical (unpaired) electrons. The van der Waals surface area contributed by atoms with Gasteiger partial charge in [-0.1, -0.05) is 6.92 Å². The normalized spacial score (nSPS) is 10.4. The van der Waals surface area contributed by atoms with Crippen LogP contribution in [0.4, 0.5) is 10.1 Å². The predicted molar refractivity (Wildman–Crippen MR) is 64.7 cm³/mol. The Morgan fingerprint density at radius 3 is 3.00 bits per heavy atom. The van der Waals surface area contributed by atoms with E-state index in [1.54, 1.807) is 17.9 Å². The molecule has 94 valence electrons. The molecule has 2 aromatic rings. The molecule has 0 aliphatic heterocycles. The smallest absolute Gasteiger partial charge is 0.255 e. The summed E-state index contributed by atoms with van der Waals surface area (Å²) in [4.78, 5) is 15.3. The van der Waals surface area contributed by atoms with Crippen LogP contribution in [0.1, 0.15) is 23.0 Å². The van der Waals surface area contributed by atoms with Crippen molar-refractivity contribution in [1.29, 1.82) is 0 Å². The van der Waals surface area contributed by atoms with Crippen molar-refractivity contribution >= 4 is 11.6 Å². The Hall–Kier alpha value is -2.24. The quantitative estimate of drug-likeness (QED) is 0.842. The molecular formula is C12H13FN4O. The first-order chi connectivity index (χ1) is 8.60. The summed E-state index contributed by atoms with van der Waals surface area (Å²) in [5, 5.41) is 6.92. The fourth-order valence-electron chi connectivity index (χ4n) is 1.64. The number of pyridine rings is 1. The lowest BCUT2D eigenvalue weighted by Gasteiger charge is -2.03. The highest BCUT2D eigenvalue weighted by Crippen LogP contribution is 2.15. The van der Waals surface area contributed by atoms with Crippen LogP contribution in [0.3, 0.4) is 0 Å². The van der Waals surface area contributed by atoms with E-state index in [1.807, 2.05) is 6.92 Å². The van der Waals surface area contributed by atoms with Gasteiger partial charge in [0.1, 0.15) is 0 Å². The second-order valence-electron chi connectivity index (χ2n) is 3.84. The summed E-state index contributed by atoms with van der Waals surface area (Å²) in [5.41, 5.74) is 1.66. The Morgan fingerprint density at radius 1 is 1.56 bits per heavy atom. The van der Waals surface area contributed by atoms with E-state index in [2.05, 4.69) is 15.4 Å². The van der Waals surface area contributed by atoms with Gasteiger partial charge in [-0.2, -0.15) is 9.49 Å². The third kappa shape index (κ3) is 2.53. The molecule has 0 atom stereocenters. The molecule has 0 aromatic carbocycles. The first-order valence-corrected chi connectivity index (χ1v) is 5.55. The predicted octanol–water partition coefficient (Wildman–Crippen LogP) is 1.77. The SMILES string of the molecule is CCc1nn(C)cc1NC(=O)c1ccnc(F)c1. The molecule has 5 nitrogen and oxygen atoms in total. The molecule has 0 unspecified atom stereocenters. The van der Waals surface area contributed by atoms with Gasteiger partial charge < -0.3 is 5.32 Å². The first kappa shape index (κ1) is 12.2. The molecule has 0 aliphatic rings. The van der Waals surface area contributed by atoms with E-state index in [4.69, 9.17) is 0 Å². The Morgan fingerprint density at radius 2 is 2.33 bits per heavy atom. The maximum Gasteiger partial charge on any atom is 0.255 e. The summed E-state index contributed by atoms with van der Waals surface area (Å²) in [6.07, 6.45) is 3.68. The lowest BCUT2D eigenvalue weighted by Crippen LogP contribution is -2.13. The zero-order valence-electron chi connectivity index (χ0n) is 10.1. The van der Waals surface area contributed by atoms with Crippen LogP contribution in [-0.4, -0.2) is 20.7 Å². The Labute approximate surface area is 104 Å². The maximum atomic E-state index is 12.9. The van der Waals surface area contributed by atoms with Crippen molar-refractivity contribution in [2.45, 2.75) is 13.3 Å². The maximum absolute atomic E-state index is 12.9. The Bertz CT molecular complexity index is 579. The Kier molecular flexibility index (Phi) is 3.36. The molecule has 18 heavy (non-hydrogen) atoms. The van der Waals surface area contributed by atoms with Crippen LogP contribution in [0.5, 0.6) is 0 Å². The fourth-order valence-corrected chi connectivity index (χ4v) is 1.64. The van der Waals surface area contributed by atoms with E-state index in [0.29, 0.717) is 12.1 Å². The molecule has 2 heterocycles. The van der Waals surface area contributed by atoms with Gasteiger partial charge >= 0.3 is 0 Å². The number of hydrogen-bond acceptors (Lipinski definition) is 3. The van der Waals surface area contributed by atoms with Crippen LogP contribution in [0.25, 0.3) is 0 Å². The van der Waals surface area contributed by atoms with Gasteiger partial charge in [-0.05, 0) is 12.5 Å². The molecule has 6 heteroatoms. The van der Waals surface area contributed by atoms with Crippen molar-refractivity contribution in [3.63, 3.8) is 0 Å². The lowest BCUT2D eigenvalue weighted by molar-refractivity contribution is 0.102. The second-order valence-corrected chi connectivity index (χ2v) is 3.84. The summed E-state index contributed by atoms with van der Waals surface area (Å²) >= 11 is 0. The lowest BCUT2D eigenvalue weighted by atomic mass is 10.2. The van der Waals surface area contributed by atoms with Gasteiger partial charge in [0, 0.05) is 31.1 Å². The van der Waals surface area contributed by atoms with Crippen LogP contribution in [0.15, 0.2) is 24.5 Å². The van der Waals surface area contributed by atoms with Gasteiger partial charge in [0.2, 0.25) is 5.95 Å². The van der Waals surface area contributed by atoms with Gasteiger partial charge in [-0.15, -0.1) is 0 Å². The molecule has 0 spiro atoms. The molecule has 1 amide bonds. The van der Waals surface area contributed by atoms with Crippen LogP contribution in [-0.2, 0) is 13.5 Å². The molecule has 0 saturated carbocycles. The number of rotatable bonds is 3. The minimum atomic E-state index is -0.676.